The third-order valence-corrected chi connectivity index (χ3v) is 5.74. The number of nitrogens with one attached hydrogen (secondary N) is 1. The molecule has 1 fully saturated rings. The molecule has 0 amide bonds. The first-order valence-electron chi connectivity index (χ1n) is 10.4. The van der Waals surface area contributed by atoms with Crippen LogP contribution in [0.3, 0.4) is 0 Å². The lowest BCUT2D eigenvalue weighted by Gasteiger charge is -2.37. The number of benzene rings is 2. The van der Waals surface area contributed by atoms with Crippen molar-refractivity contribution in [3.8, 4) is 0 Å². The van der Waals surface area contributed by atoms with Crippen LogP contribution in [0.1, 0.15) is 16.7 Å². The van der Waals surface area contributed by atoms with E-state index in [1.54, 1.807) is 6.33 Å². The molecule has 0 saturated carbocycles. The second-order valence-electron chi connectivity index (χ2n) is 7.62. The Morgan fingerprint density at radius 1 is 0.862 bits per heavy atom. The van der Waals surface area contributed by atoms with Crippen LogP contribution in [-0.4, -0.2) is 42.7 Å². The van der Waals surface area contributed by atoms with Gasteiger partial charge in [0.1, 0.15) is 18.0 Å². The average molecular weight is 388 g/mol. The first-order valence-corrected chi connectivity index (χ1v) is 10.4. The number of rotatable bonds is 6. The Labute approximate surface area is 173 Å². The van der Waals surface area contributed by atoms with Crippen LogP contribution in [0, 0.1) is 13.8 Å². The van der Waals surface area contributed by atoms with Crippen LogP contribution in [0.25, 0.3) is 0 Å². The average Bonchev–Trinajstić information content (AvgIpc) is 2.77. The normalized spacial score (nSPS) is 14.1. The molecule has 1 aliphatic rings. The van der Waals surface area contributed by atoms with Crippen LogP contribution < -0.4 is 15.1 Å². The van der Waals surface area contributed by atoms with Gasteiger partial charge < -0.3 is 15.1 Å². The fourth-order valence-electron chi connectivity index (χ4n) is 3.85. The summed E-state index contributed by atoms with van der Waals surface area (Å²) in [7, 11) is 0. The fraction of sp³-hybridized carbons (Fsp3) is 0.333. The van der Waals surface area contributed by atoms with Gasteiger partial charge in [-0.15, -0.1) is 0 Å². The fourth-order valence-corrected chi connectivity index (χ4v) is 3.85. The molecule has 0 unspecified atom stereocenters. The third kappa shape index (κ3) is 4.67. The highest BCUT2D eigenvalue weighted by Gasteiger charge is 2.20. The summed E-state index contributed by atoms with van der Waals surface area (Å²) < 4.78 is 0. The minimum atomic E-state index is 0.862. The SMILES string of the molecule is Cc1cccc(N2CCN(c3cc(NCCc4ccccc4)ncn3)CC2)c1C. The van der Waals surface area contributed by atoms with Gasteiger partial charge in [-0.1, -0.05) is 42.5 Å². The van der Waals surface area contributed by atoms with Gasteiger partial charge in [0.05, 0.1) is 0 Å². The Balaban J connectivity index is 1.34. The smallest absolute Gasteiger partial charge is 0.134 e. The maximum atomic E-state index is 4.52. The minimum absolute atomic E-state index is 0.862. The van der Waals surface area contributed by atoms with Gasteiger partial charge in [0.25, 0.3) is 0 Å². The highest BCUT2D eigenvalue weighted by Crippen LogP contribution is 2.25. The predicted molar refractivity (Wildman–Crippen MR) is 121 cm³/mol. The molecule has 0 bridgehead atoms. The van der Waals surface area contributed by atoms with Gasteiger partial charge >= 0.3 is 0 Å². The number of nitrogens with zero attached hydrogens (tertiary/aromatic N) is 4. The standard InChI is InChI=1S/C24H29N5/c1-19-7-6-10-22(20(19)2)28-13-15-29(16-14-28)24-17-23(26-18-27-24)25-12-11-21-8-4-3-5-9-21/h3-10,17-18H,11-16H2,1-2H3,(H,25,26,27). The molecular weight excluding hydrogens is 358 g/mol. The number of hydrogen-bond acceptors (Lipinski definition) is 5. The topological polar surface area (TPSA) is 44.3 Å². The lowest BCUT2D eigenvalue weighted by Crippen LogP contribution is -2.47. The van der Waals surface area contributed by atoms with E-state index in [0.717, 1.165) is 50.8 Å². The first-order chi connectivity index (χ1) is 14.2. The van der Waals surface area contributed by atoms with Crippen LogP contribution in [-0.2, 0) is 6.42 Å². The molecule has 0 aliphatic carbocycles. The Morgan fingerprint density at radius 2 is 1.62 bits per heavy atom. The largest absolute Gasteiger partial charge is 0.370 e. The van der Waals surface area contributed by atoms with E-state index < -0.39 is 0 Å². The van der Waals surface area contributed by atoms with Gasteiger partial charge in [-0.2, -0.15) is 0 Å². The van der Waals surface area contributed by atoms with E-state index in [0.29, 0.717) is 0 Å². The monoisotopic (exact) mass is 387 g/mol. The third-order valence-electron chi connectivity index (χ3n) is 5.74. The molecule has 0 spiro atoms. The van der Waals surface area contributed by atoms with Gasteiger partial charge in [-0.25, -0.2) is 9.97 Å². The van der Waals surface area contributed by atoms with Crippen molar-refractivity contribution in [2.45, 2.75) is 20.3 Å². The molecular formula is C24H29N5. The zero-order valence-electron chi connectivity index (χ0n) is 17.3. The zero-order valence-corrected chi connectivity index (χ0v) is 17.3. The van der Waals surface area contributed by atoms with Gasteiger partial charge in [-0.3, -0.25) is 0 Å². The minimum Gasteiger partial charge on any atom is -0.370 e. The molecule has 1 saturated heterocycles. The van der Waals surface area contributed by atoms with E-state index in [1.807, 2.05) is 6.07 Å². The van der Waals surface area contributed by atoms with Crippen molar-refractivity contribution in [1.82, 2.24) is 9.97 Å². The summed E-state index contributed by atoms with van der Waals surface area (Å²) in [6.45, 7) is 9.20. The molecule has 5 nitrogen and oxygen atoms in total. The number of anilines is 3. The molecule has 5 heteroatoms. The van der Waals surface area contributed by atoms with E-state index in [1.165, 1.54) is 22.4 Å². The van der Waals surface area contributed by atoms with Gasteiger partial charge in [0.15, 0.2) is 0 Å². The van der Waals surface area contributed by atoms with Crippen molar-refractivity contribution in [3.63, 3.8) is 0 Å². The van der Waals surface area contributed by atoms with E-state index in [4.69, 9.17) is 0 Å². The van der Waals surface area contributed by atoms with Crippen LogP contribution in [0.2, 0.25) is 0 Å². The molecule has 1 aliphatic heterocycles. The van der Waals surface area contributed by atoms with Crippen LogP contribution in [0.4, 0.5) is 17.3 Å². The molecule has 3 aromatic rings. The predicted octanol–water partition coefficient (Wildman–Crippen LogP) is 4.07. The van der Waals surface area contributed by atoms with Crippen LogP contribution in [0.15, 0.2) is 60.9 Å². The summed E-state index contributed by atoms with van der Waals surface area (Å²) >= 11 is 0. The molecule has 150 valence electrons. The second kappa shape index (κ2) is 8.95. The number of piperazine rings is 1. The Bertz CT molecular complexity index is 933. The summed E-state index contributed by atoms with van der Waals surface area (Å²) in [4.78, 5) is 13.7. The summed E-state index contributed by atoms with van der Waals surface area (Å²) in [5.74, 6) is 1.89. The molecule has 1 N–H and O–H groups in total. The highest BCUT2D eigenvalue weighted by atomic mass is 15.3. The van der Waals surface area contributed by atoms with E-state index in [9.17, 15) is 0 Å². The summed E-state index contributed by atoms with van der Waals surface area (Å²) in [6.07, 6.45) is 2.64. The van der Waals surface area contributed by atoms with Gasteiger partial charge in [0, 0.05) is 44.5 Å². The summed E-state index contributed by atoms with van der Waals surface area (Å²) in [5.41, 5.74) is 5.42. The molecule has 29 heavy (non-hydrogen) atoms. The quantitative estimate of drug-likeness (QED) is 0.691. The molecule has 0 atom stereocenters. The van der Waals surface area contributed by atoms with Crippen molar-refractivity contribution >= 4 is 17.3 Å². The summed E-state index contributed by atoms with van der Waals surface area (Å²) in [6, 6.07) is 19.2. The zero-order chi connectivity index (χ0) is 20.1. The number of hydrogen-bond donors (Lipinski definition) is 1. The van der Waals surface area contributed by atoms with Crippen molar-refractivity contribution in [3.05, 3.63) is 77.6 Å². The maximum Gasteiger partial charge on any atom is 0.134 e. The van der Waals surface area contributed by atoms with Crippen molar-refractivity contribution in [2.24, 2.45) is 0 Å². The number of aromatic nitrogens is 2. The molecule has 2 aromatic carbocycles. The van der Waals surface area contributed by atoms with E-state index >= 15 is 0 Å². The second-order valence-corrected chi connectivity index (χ2v) is 7.62. The lowest BCUT2D eigenvalue weighted by molar-refractivity contribution is 0.645. The van der Waals surface area contributed by atoms with Crippen molar-refractivity contribution in [2.75, 3.05) is 47.8 Å². The van der Waals surface area contributed by atoms with Crippen LogP contribution >= 0.6 is 0 Å². The Kier molecular flexibility index (Phi) is 5.94. The molecule has 4 rings (SSSR count). The van der Waals surface area contributed by atoms with Crippen molar-refractivity contribution < 1.29 is 0 Å². The number of aryl methyl sites for hydroxylation is 1. The van der Waals surface area contributed by atoms with Gasteiger partial charge in [0.2, 0.25) is 0 Å². The van der Waals surface area contributed by atoms with Gasteiger partial charge in [-0.05, 0) is 43.0 Å². The first kappa shape index (κ1) is 19.2. The van der Waals surface area contributed by atoms with Crippen LogP contribution in [0.5, 0.6) is 0 Å². The lowest BCUT2D eigenvalue weighted by atomic mass is 10.1. The maximum absolute atomic E-state index is 4.52. The summed E-state index contributed by atoms with van der Waals surface area (Å²) in [5, 5.41) is 3.43. The molecule has 1 aromatic heterocycles. The molecule has 2 heterocycles. The van der Waals surface area contributed by atoms with Crippen molar-refractivity contribution in [1.29, 1.82) is 0 Å². The Hall–Kier alpha value is -3.08. The van der Waals surface area contributed by atoms with E-state index in [-0.39, 0.29) is 0 Å². The Morgan fingerprint density at radius 3 is 2.41 bits per heavy atom. The van der Waals surface area contributed by atoms with E-state index in [2.05, 4.69) is 87.5 Å². The highest BCUT2D eigenvalue weighted by molar-refractivity contribution is 5.57. The molecule has 0 radical (unpaired) electrons.